The molecule has 0 unspecified atom stereocenters. The molecular weight excluding hydrogens is 252 g/mol. The molecule has 0 radical (unpaired) electrons. The molecule has 2 heterocycles. The number of aromatic nitrogens is 3. The summed E-state index contributed by atoms with van der Waals surface area (Å²) in [5, 5.41) is 4.42. The Morgan fingerprint density at radius 3 is 2.80 bits per heavy atom. The fourth-order valence-electron chi connectivity index (χ4n) is 2.64. The molecule has 0 fully saturated rings. The predicted molar refractivity (Wildman–Crippen MR) is 80.2 cm³/mol. The average molecular weight is 264 g/mol. The number of nitrogen functional groups attached to an aromatic ring is 1. The highest BCUT2D eigenvalue weighted by Crippen LogP contribution is 2.25. The smallest absolute Gasteiger partial charge is 0.274 e. The lowest BCUT2D eigenvalue weighted by molar-refractivity contribution is 0.897. The van der Waals surface area contributed by atoms with E-state index in [1.165, 1.54) is 0 Å². The number of nitrogens with zero attached hydrogens (tertiary/aromatic N) is 1. The molecule has 5 nitrogen and oxygen atoms in total. The fraction of sp³-hybridized carbons (Fsp3) is 0. The number of nitrogens with two attached hydrogens (primary N) is 1. The number of H-pyrrole nitrogens is 2. The molecule has 4 aromatic rings. The van der Waals surface area contributed by atoms with Crippen molar-refractivity contribution in [2.24, 2.45) is 0 Å². The van der Waals surface area contributed by atoms with Gasteiger partial charge in [-0.3, -0.25) is 14.6 Å². The Kier molecular flexibility index (Phi) is 2.06. The first-order valence-electron chi connectivity index (χ1n) is 6.31. The standard InChI is InChI=1S/C15H12N4O/c16-10-5-3-7-12-14(10)15(20)18-19(12)13-8-17-11-6-2-1-4-9(11)13/h1-8,17H,16H2,(H,18,20). The van der Waals surface area contributed by atoms with Gasteiger partial charge in [0.25, 0.3) is 5.56 Å². The van der Waals surface area contributed by atoms with Crippen LogP contribution >= 0.6 is 0 Å². The van der Waals surface area contributed by atoms with Gasteiger partial charge in [-0.05, 0) is 18.2 Å². The zero-order valence-electron chi connectivity index (χ0n) is 10.6. The summed E-state index contributed by atoms with van der Waals surface area (Å²) in [4.78, 5) is 15.3. The normalized spacial score (nSPS) is 11.4. The molecule has 5 heteroatoms. The first-order chi connectivity index (χ1) is 9.75. The summed E-state index contributed by atoms with van der Waals surface area (Å²) >= 11 is 0. The van der Waals surface area contributed by atoms with Gasteiger partial charge in [-0.1, -0.05) is 24.3 Å². The lowest BCUT2D eigenvalue weighted by atomic mass is 10.2. The van der Waals surface area contributed by atoms with Gasteiger partial charge >= 0.3 is 0 Å². The summed E-state index contributed by atoms with van der Waals surface area (Å²) in [6.45, 7) is 0. The second kappa shape index (κ2) is 3.77. The van der Waals surface area contributed by atoms with Gasteiger partial charge in [-0.2, -0.15) is 0 Å². The molecule has 0 amide bonds. The van der Waals surface area contributed by atoms with Crippen LogP contribution in [0.25, 0.3) is 27.5 Å². The van der Waals surface area contributed by atoms with Crippen LogP contribution < -0.4 is 11.3 Å². The van der Waals surface area contributed by atoms with Gasteiger partial charge in [-0.25, -0.2) is 0 Å². The van der Waals surface area contributed by atoms with Crippen molar-refractivity contribution >= 4 is 27.5 Å². The number of fused-ring (bicyclic) bond motifs is 2. The van der Waals surface area contributed by atoms with Crippen molar-refractivity contribution in [1.82, 2.24) is 14.8 Å². The Morgan fingerprint density at radius 2 is 1.90 bits per heavy atom. The third-order valence-corrected chi connectivity index (χ3v) is 3.56. The zero-order chi connectivity index (χ0) is 13.7. The second-order valence-corrected chi connectivity index (χ2v) is 4.74. The number of hydrogen-bond acceptors (Lipinski definition) is 2. The van der Waals surface area contributed by atoms with Crippen molar-refractivity contribution in [1.29, 1.82) is 0 Å². The van der Waals surface area contributed by atoms with Gasteiger partial charge < -0.3 is 10.7 Å². The van der Waals surface area contributed by atoms with Crippen LogP contribution in [0.2, 0.25) is 0 Å². The molecule has 0 saturated carbocycles. The first kappa shape index (κ1) is 10.9. The minimum absolute atomic E-state index is 0.177. The van der Waals surface area contributed by atoms with E-state index in [1.807, 2.05) is 42.6 Å². The fourth-order valence-corrected chi connectivity index (χ4v) is 2.64. The van der Waals surface area contributed by atoms with Gasteiger partial charge in [0.05, 0.1) is 16.6 Å². The van der Waals surface area contributed by atoms with Crippen LogP contribution in [0.4, 0.5) is 5.69 Å². The number of aromatic amines is 2. The van der Waals surface area contributed by atoms with E-state index in [2.05, 4.69) is 10.1 Å². The second-order valence-electron chi connectivity index (χ2n) is 4.74. The molecule has 0 aliphatic heterocycles. The summed E-state index contributed by atoms with van der Waals surface area (Å²) in [6, 6.07) is 13.4. The van der Waals surface area contributed by atoms with E-state index in [1.54, 1.807) is 10.7 Å². The van der Waals surface area contributed by atoms with Crippen molar-refractivity contribution in [3.8, 4) is 5.69 Å². The molecule has 2 aromatic carbocycles. The SMILES string of the molecule is Nc1cccc2c1c(=O)[nH]n2-c1c[nH]c2ccccc12. The lowest BCUT2D eigenvalue weighted by Gasteiger charge is -2.03. The Hall–Kier alpha value is -2.95. The quantitative estimate of drug-likeness (QED) is 0.461. The molecule has 0 aliphatic carbocycles. The third-order valence-electron chi connectivity index (χ3n) is 3.56. The van der Waals surface area contributed by atoms with Crippen molar-refractivity contribution in [2.75, 3.05) is 5.73 Å². The Bertz CT molecular complexity index is 990. The number of para-hydroxylation sites is 1. The van der Waals surface area contributed by atoms with Gasteiger partial charge in [0.2, 0.25) is 0 Å². The van der Waals surface area contributed by atoms with E-state index < -0.39 is 0 Å². The molecule has 0 aliphatic rings. The number of anilines is 1. The summed E-state index contributed by atoms with van der Waals surface area (Å²) < 4.78 is 1.77. The largest absolute Gasteiger partial charge is 0.398 e. The molecule has 2 aromatic heterocycles. The summed E-state index contributed by atoms with van der Waals surface area (Å²) in [5.41, 5.74) is 8.91. The van der Waals surface area contributed by atoms with E-state index in [0.29, 0.717) is 11.1 Å². The van der Waals surface area contributed by atoms with Crippen molar-refractivity contribution in [3.05, 3.63) is 59.0 Å². The molecular formula is C15H12N4O. The van der Waals surface area contributed by atoms with Crippen LogP contribution in [0.15, 0.2) is 53.5 Å². The molecule has 0 atom stereocenters. The van der Waals surface area contributed by atoms with Crippen LogP contribution in [0.5, 0.6) is 0 Å². The van der Waals surface area contributed by atoms with Crippen molar-refractivity contribution in [2.45, 2.75) is 0 Å². The molecule has 0 bridgehead atoms. The van der Waals surface area contributed by atoms with E-state index in [-0.39, 0.29) is 5.56 Å². The Balaban J connectivity index is 2.13. The third kappa shape index (κ3) is 1.34. The number of rotatable bonds is 1. The first-order valence-corrected chi connectivity index (χ1v) is 6.31. The van der Waals surface area contributed by atoms with Gasteiger partial charge in [0, 0.05) is 22.8 Å². The van der Waals surface area contributed by atoms with Crippen molar-refractivity contribution in [3.63, 3.8) is 0 Å². The van der Waals surface area contributed by atoms with Gasteiger partial charge in [0.1, 0.15) is 0 Å². The average Bonchev–Trinajstić information content (AvgIpc) is 3.01. The predicted octanol–water partition coefficient (Wildman–Crippen LogP) is 2.38. The monoisotopic (exact) mass is 264 g/mol. The minimum atomic E-state index is -0.177. The maximum atomic E-state index is 12.1. The molecule has 20 heavy (non-hydrogen) atoms. The topological polar surface area (TPSA) is 79.6 Å². The minimum Gasteiger partial charge on any atom is -0.398 e. The van der Waals surface area contributed by atoms with Gasteiger partial charge in [-0.15, -0.1) is 0 Å². The number of benzene rings is 2. The Morgan fingerprint density at radius 1 is 1.05 bits per heavy atom. The molecule has 0 saturated heterocycles. The summed E-state index contributed by atoms with van der Waals surface area (Å²) in [7, 11) is 0. The van der Waals surface area contributed by atoms with Crippen LogP contribution in [0, 0.1) is 0 Å². The highest BCUT2D eigenvalue weighted by atomic mass is 16.1. The highest BCUT2D eigenvalue weighted by Gasteiger charge is 2.13. The molecule has 98 valence electrons. The van der Waals surface area contributed by atoms with Gasteiger partial charge in [0.15, 0.2) is 0 Å². The summed E-state index contributed by atoms with van der Waals surface area (Å²) in [6.07, 6.45) is 1.88. The highest BCUT2D eigenvalue weighted by molar-refractivity contribution is 5.94. The van der Waals surface area contributed by atoms with E-state index in [0.717, 1.165) is 22.1 Å². The Labute approximate surface area is 113 Å². The van der Waals surface area contributed by atoms with E-state index >= 15 is 0 Å². The number of nitrogens with one attached hydrogen (secondary N) is 2. The maximum absolute atomic E-state index is 12.1. The van der Waals surface area contributed by atoms with Crippen molar-refractivity contribution < 1.29 is 0 Å². The van der Waals surface area contributed by atoms with E-state index in [9.17, 15) is 4.79 Å². The zero-order valence-corrected chi connectivity index (χ0v) is 10.6. The molecule has 4 N–H and O–H groups in total. The maximum Gasteiger partial charge on any atom is 0.274 e. The lowest BCUT2D eigenvalue weighted by Crippen LogP contribution is -2.04. The molecule has 4 rings (SSSR count). The van der Waals surface area contributed by atoms with E-state index in [4.69, 9.17) is 5.73 Å². The number of hydrogen-bond donors (Lipinski definition) is 3. The van der Waals surface area contributed by atoms with Crippen LogP contribution in [0.1, 0.15) is 0 Å². The van der Waals surface area contributed by atoms with Crippen LogP contribution in [0.3, 0.4) is 0 Å². The molecule has 0 spiro atoms. The van der Waals surface area contributed by atoms with Crippen LogP contribution in [-0.2, 0) is 0 Å². The van der Waals surface area contributed by atoms with Crippen LogP contribution in [-0.4, -0.2) is 14.8 Å². The summed E-state index contributed by atoms with van der Waals surface area (Å²) in [5.74, 6) is 0.